The number of carbonyl (C=O) groups excluding carboxylic acids is 1. The van der Waals surface area contributed by atoms with E-state index < -0.39 is 4.33 Å². The van der Waals surface area contributed by atoms with Gasteiger partial charge in [0.2, 0.25) is 0 Å². The predicted molar refractivity (Wildman–Crippen MR) is 64.9 cm³/mol. The van der Waals surface area contributed by atoms with Crippen molar-refractivity contribution < 1.29 is 4.79 Å². The van der Waals surface area contributed by atoms with E-state index in [1.807, 2.05) is 30.3 Å². The lowest BCUT2D eigenvalue weighted by atomic mass is 9.56. The van der Waals surface area contributed by atoms with Gasteiger partial charge < -0.3 is 0 Å². The summed E-state index contributed by atoms with van der Waals surface area (Å²) >= 11 is 12.5. The van der Waals surface area contributed by atoms with E-state index in [9.17, 15) is 4.79 Å². The van der Waals surface area contributed by atoms with E-state index >= 15 is 0 Å². The Labute approximate surface area is 105 Å². The van der Waals surface area contributed by atoms with Crippen molar-refractivity contribution in [3.63, 3.8) is 0 Å². The molecular formula is C13H12Cl2O. The van der Waals surface area contributed by atoms with Crippen LogP contribution < -0.4 is 0 Å². The van der Waals surface area contributed by atoms with Crippen LogP contribution >= 0.6 is 23.2 Å². The maximum atomic E-state index is 11.9. The molecule has 1 aromatic carbocycles. The van der Waals surface area contributed by atoms with E-state index in [1.165, 1.54) is 0 Å². The third-order valence-corrected chi connectivity index (χ3v) is 5.18. The summed E-state index contributed by atoms with van der Waals surface area (Å²) in [5.41, 5.74) is 0.788. The van der Waals surface area contributed by atoms with Gasteiger partial charge in [0.25, 0.3) is 0 Å². The molecule has 2 fully saturated rings. The van der Waals surface area contributed by atoms with E-state index in [4.69, 9.17) is 23.2 Å². The van der Waals surface area contributed by atoms with Crippen molar-refractivity contribution in [2.24, 2.45) is 5.92 Å². The summed E-state index contributed by atoms with van der Waals surface area (Å²) in [6.45, 7) is 0. The number of hydrogen-bond acceptors (Lipinski definition) is 1. The molecule has 1 nitrogen and oxygen atoms in total. The highest BCUT2D eigenvalue weighted by Gasteiger charge is 2.73. The zero-order chi connectivity index (χ0) is 11.4. The molecule has 2 aliphatic carbocycles. The number of ketones is 1. The number of carbonyl (C=O) groups is 1. The van der Waals surface area contributed by atoms with Gasteiger partial charge in [0, 0.05) is 11.3 Å². The van der Waals surface area contributed by atoms with Crippen LogP contribution in [0.2, 0.25) is 0 Å². The summed E-state index contributed by atoms with van der Waals surface area (Å²) in [4.78, 5) is 11.9. The second-order valence-corrected chi connectivity index (χ2v) is 6.05. The molecule has 3 rings (SSSR count). The highest BCUT2D eigenvalue weighted by molar-refractivity contribution is 6.62. The molecule has 0 amide bonds. The lowest BCUT2D eigenvalue weighted by Gasteiger charge is -2.53. The van der Waals surface area contributed by atoms with Crippen molar-refractivity contribution in [3.05, 3.63) is 35.9 Å². The van der Waals surface area contributed by atoms with Crippen LogP contribution in [-0.2, 0) is 10.2 Å². The number of Topliss-reactive ketones (excluding diaryl/α,β-unsaturated/α-hetero) is 1. The second kappa shape index (κ2) is 3.24. The molecule has 0 spiro atoms. The fraction of sp³-hybridized carbons (Fsp3) is 0.462. The summed E-state index contributed by atoms with van der Waals surface area (Å²) in [7, 11) is 0. The third-order valence-electron chi connectivity index (χ3n) is 4.13. The van der Waals surface area contributed by atoms with Crippen LogP contribution in [0.5, 0.6) is 0 Å². The monoisotopic (exact) mass is 254 g/mol. The Kier molecular flexibility index (Phi) is 2.15. The van der Waals surface area contributed by atoms with Gasteiger partial charge in [-0.15, -0.1) is 0 Å². The summed E-state index contributed by atoms with van der Waals surface area (Å²) < 4.78 is -1.21. The standard InChI is InChI=1S/C13H12Cl2O/c14-13(15)11(16)10-7-4-8-12(10,13)9-5-2-1-3-6-9/h1-3,5-6,10H,4,7-8H2/t10?,12-/m1/s1. The van der Waals surface area contributed by atoms with Gasteiger partial charge in [-0.2, -0.15) is 0 Å². The fourth-order valence-electron chi connectivity index (χ4n) is 3.36. The predicted octanol–water partition coefficient (Wildman–Crippen LogP) is 3.48. The second-order valence-electron chi connectivity index (χ2n) is 4.72. The summed E-state index contributed by atoms with van der Waals surface area (Å²) in [6.07, 6.45) is 2.88. The summed E-state index contributed by atoms with van der Waals surface area (Å²) in [6, 6.07) is 9.99. The SMILES string of the molecule is O=C1C2CCC[C@]2(c2ccccc2)C1(Cl)Cl. The van der Waals surface area contributed by atoms with Gasteiger partial charge >= 0.3 is 0 Å². The molecule has 1 unspecified atom stereocenters. The molecule has 3 heteroatoms. The Morgan fingerprint density at radius 2 is 1.88 bits per heavy atom. The van der Waals surface area contributed by atoms with Gasteiger partial charge in [0.1, 0.15) is 0 Å². The minimum Gasteiger partial charge on any atom is -0.296 e. The minimum atomic E-state index is -1.21. The van der Waals surface area contributed by atoms with Crippen LogP contribution in [-0.4, -0.2) is 10.1 Å². The Morgan fingerprint density at radius 1 is 1.19 bits per heavy atom. The summed E-state index contributed by atoms with van der Waals surface area (Å²) in [5.74, 6) is 0.0436. The molecule has 0 N–H and O–H groups in total. The first kappa shape index (κ1) is 10.6. The van der Waals surface area contributed by atoms with Crippen LogP contribution in [0.15, 0.2) is 30.3 Å². The van der Waals surface area contributed by atoms with Gasteiger partial charge in [-0.05, 0) is 18.4 Å². The largest absolute Gasteiger partial charge is 0.296 e. The number of alkyl halides is 2. The van der Waals surface area contributed by atoms with E-state index in [0.717, 1.165) is 24.8 Å². The zero-order valence-electron chi connectivity index (χ0n) is 8.75. The maximum Gasteiger partial charge on any atom is 0.186 e. The van der Waals surface area contributed by atoms with E-state index in [2.05, 4.69) is 0 Å². The zero-order valence-corrected chi connectivity index (χ0v) is 10.3. The van der Waals surface area contributed by atoms with E-state index in [1.54, 1.807) is 0 Å². The van der Waals surface area contributed by atoms with Crippen molar-refractivity contribution >= 4 is 29.0 Å². The molecule has 0 radical (unpaired) electrons. The Hall–Kier alpha value is -0.530. The van der Waals surface area contributed by atoms with Crippen LogP contribution in [0.1, 0.15) is 24.8 Å². The van der Waals surface area contributed by atoms with Crippen molar-refractivity contribution in [1.29, 1.82) is 0 Å². The Morgan fingerprint density at radius 3 is 2.56 bits per heavy atom. The fourth-order valence-corrected chi connectivity index (χ4v) is 4.29. The maximum absolute atomic E-state index is 11.9. The van der Waals surface area contributed by atoms with Crippen molar-refractivity contribution in [2.45, 2.75) is 29.0 Å². The van der Waals surface area contributed by atoms with Crippen LogP contribution in [0, 0.1) is 5.92 Å². The molecule has 84 valence electrons. The Bertz CT molecular complexity index is 441. The quantitative estimate of drug-likeness (QED) is 0.702. The lowest BCUT2D eigenvalue weighted by molar-refractivity contribution is -0.136. The first-order chi connectivity index (χ1) is 7.61. The first-order valence-electron chi connectivity index (χ1n) is 5.58. The van der Waals surface area contributed by atoms with Crippen LogP contribution in [0.25, 0.3) is 0 Å². The number of hydrogen-bond donors (Lipinski definition) is 0. The normalized spacial score (nSPS) is 35.6. The van der Waals surface area contributed by atoms with E-state index in [-0.39, 0.29) is 17.1 Å². The van der Waals surface area contributed by atoms with E-state index in [0.29, 0.717) is 0 Å². The van der Waals surface area contributed by atoms with Crippen molar-refractivity contribution in [2.75, 3.05) is 0 Å². The smallest absolute Gasteiger partial charge is 0.186 e. The number of halogens is 2. The molecule has 0 aromatic heterocycles. The molecule has 2 saturated carbocycles. The van der Waals surface area contributed by atoms with Crippen LogP contribution in [0.4, 0.5) is 0 Å². The molecule has 0 aliphatic heterocycles. The molecular weight excluding hydrogens is 243 g/mol. The molecule has 0 bridgehead atoms. The lowest BCUT2D eigenvalue weighted by Crippen LogP contribution is -2.66. The van der Waals surface area contributed by atoms with Crippen molar-refractivity contribution in [1.82, 2.24) is 0 Å². The van der Waals surface area contributed by atoms with Crippen LogP contribution in [0.3, 0.4) is 0 Å². The highest BCUT2D eigenvalue weighted by atomic mass is 35.5. The molecule has 16 heavy (non-hydrogen) atoms. The van der Waals surface area contributed by atoms with Gasteiger partial charge in [-0.3, -0.25) is 4.79 Å². The average Bonchev–Trinajstić information content (AvgIpc) is 2.72. The average molecular weight is 255 g/mol. The minimum absolute atomic E-state index is 0.0113. The third kappa shape index (κ3) is 1.01. The Balaban J connectivity index is 2.14. The van der Waals surface area contributed by atoms with Gasteiger partial charge in [-0.1, -0.05) is 60.0 Å². The van der Waals surface area contributed by atoms with Gasteiger partial charge in [0.15, 0.2) is 10.1 Å². The van der Waals surface area contributed by atoms with Crippen molar-refractivity contribution in [3.8, 4) is 0 Å². The van der Waals surface area contributed by atoms with Gasteiger partial charge in [-0.25, -0.2) is 0 Å². The molecule has 2 aliphatic rings. The molecule has 0 saturated heterocycles. The topological polar surface area (TPSA) is 17.1 Å². The molecule has 0 heterocycles. The summed E-state index contributed by atoms with van der Waals surface area (Å²) in [5, 5.41) is 0. The number of fused-ring (bicyclic) bond motifs is 1. The number of benzene rings is 1. The highest BCUT2D eigenvalue weighted by Crippen LogP contribution is 2.66. The molecule has 2 atom stereocenters. The molecule has 1 aromatic rings. The number of rotatable bonds is 1. The first-order valence-corrected chi connectivity index (χ1v) is 6.34. The van der Waals surface area contributed by atoms with Gasteiger partial charge in [0.05, 0.1) is 0 Å².